The van der Waals surface area contributed by atoms with E-state index < -0.39 is 29.4 Å². The minimum absolute atomic E-state index is 0.146. The normalized spacial score (nSPS) is 13.2. The van der Waals surface area contributed by atoms with E-state index in [0.29, 0.717) is 6.42 Å². The van der Waals surface area contributed by atoms with Crippen LogP contribution >= 0.6 is 0 Å². The zero-order chi connectivity index (χ0) is 25.6. The van der Waals surface area contributed by atoms with E-state index in [2.05, 4.69) is 10.3 Å². The van der Waals surface area contributed by atoms with Gasteiger partial charge in [-0.1, -0.05) is 48.5 Å². The molecular weight excluding hydrogens is 444 g/mol. The fourth-order valence-electron chi connectivity index (χ4n) is 4.04. The number of likely N-dealkylation sites (N-methyl/N-ethyl adjacent to an activating group) is 1. The number of aromatic amines is 1. The molecule has 0 saturated carbocycles. The van der Waals surface area contributed by atoms with Crippen molar-refractivity contribution in [2.45, 2.75) is 38.3 Å². The number of rotatable bonds is 10. The second-order valence-electron chi connectivity index (χ2n) is 9.44. The predicted molar refractivity (Wildman–Crippen MR) is 135 cm³/mol. The smallest absolute Gasteiger partial charge is 0.310 e. The third-order valence-corrected chi connectivity index (χ3v) is 6.02. The molecule has 35 heavy (non-hydrogen) atoms. The Balaban J connectivity index is 1.82. The second-order valence-corrected chi connectivity index (χ2v) is 9.44. The number of nitrogens with one attached hydrogen (secondary N) is 2. The van der Waals surface area contributed by atoms with Crippen molar-refractivity contribution < 1.29 is 19.1 Å². The Morgan fingerprint density at radius 2 is 1.71 bits per heavy atom. The number of ether oxygens (including phenoxy) is 1. The number of esters is 1. The highest BCUT2D eigenvalue weighted by molar-refractivity contribution is 5.92. The molecular formula is C27H34N4O4. The maximum Gasteiger partial charge on any atom is 0.310 e. The summed E-state index contributed by atoms with van der Waals surface area (Å²) in [5.41, 5.74) is 7.65. The molecule has 2 amide bonds. The summed E-state index contributed by atoms with van der Waals surface area (Å²) < 4.78 is 5.00. The SMILES string of the molecule is COC(=O)C(Cc1ccccc1)CN(C)C(=O)C(Cc1c[nH]c2ccccc12)NC(=O)C(C)(C)N. The maximum atomic E-state index is 13.6. The molecule has 1 aromatic heterocycles. The van der Waals surface area contributed by atoms with Crippen LogP contribution in [-0.2, 0) is 32.0 Å². The van der Waals surface area contributed by atoms with Gasteiger partial charge in [0.2, 0.25) is 11.8 Å². The highest BCUT2D eigenvalue weighted by Gasteiger charge is 2.32. The van der Waals surface area contributed by atoms with Crippen LogP contribution in [0.2, 0.25) is 0 Å². The van der Waals surface area contributed by atoms with Gasteiger partial charge in [0.05, 0.1) is 18.6 Å². The zero-order valence-electron chi connectivity index (χ0n) is 20.7. The molecule has 0 aliphatic carbocycles. The Morgan fingerprint density at radius 1 is 1.06 bits per heavy atom. The molecule has 2 unspecified atom stereocenters. The van der Waals surface area contributed by atoms with E-state index >= 15 is 0 Å². The Kier molecular flexibility index (Phi) is 8.30. The van der Waals surface area contributed by atoms with Gasteiger partial charge in [0.25, 0.3) is 0 Å². The van der Waals surface area contributed by atoms with Gasteiger partial charge in [0.1, 0.15) is 6.04 Å². The molecule has 0 radical (unpaired) electrons. The van der Waals surface area contributed by atoms with Crippen molar-refractivity contribution in [3.8, 4) is 0 Å². The highest BCUT2D eigenvalue weighted by Crippen LogP contribution is 2.20. The van der Waals surface area contributed by atoms with Gasteiger partial charge in [-0.15, -0.1) is 0 Å². The summed E-state index contributed by atoms with van der Waals surface area (Å²) in [4.78, 5) is 43.5. The standard InChI is InChI=1S/C27H34N4O4/c1-27(2,28)26(34)30-23(15-19-16-29-22-13-9-8-12-21(19)22)24(32)31(3)17-20(25(33)35-4)14-18-10-6-5-7-11-18/h5-13,16,20,23,29H,14-15,17,28H2,1-4H3,(H,30,34). The van der Waals surface area contributed by atoms with Gasteiger partial charge in [-0.3, -0.25) is 14.4 Å². The minimum atomic E-state index is -1.15. The average Bonchev–Trinajstić information content (AvgIpc) is 3.25. The number of benzene rings is 2. The third-order valence-electron chi connectivity index (χ3n) is 6.02. The Morgan fingerprint density at radius 3 is 2.37 bits per heavy atom. The molecule has 0 aliphatic rings. The number of nitrogens with two attached hydrogens (primary N) is 1. The maximum absolute atomic E-state index is 13.6. The van der Waals surface area contributed by atoms with E-state index in [1.165, 1.54) is 12.0 Å². The molecule has 8 nitrogen and oxygen atoms in total. The fourth-order valence-corrected chi connectivity index (χ4v) is 4.04. The summed E-state index contributed by atoms with van der Waals surface area (Å²) >= 11 is 0. The van der Waals surface area contributed by atoms with Crippen LogP contribution in [-0.4, -0.2) is 60.0 Å². The van der Waals surface area contributed by atoms with Gasteiger partial charge in [-0.05, 0) is 37.5 Å². The van der Waals surface area contributed by atoms with Crippen molar-refractivity contribution >= 4 is 28.7 Å². The number of amides is 2. The Bertz CT molecular complexity index is 1170. The largest absolute Gasteiger partial charge is 0.469 e. The first-order valence-electron chi connectivity index (χ1n) is 11.6. The summed E-state index contributed by atoms with van der Waals surface area (Å²) in [6.07, 6.45) is 2.55. The summed E-state index contributed by atoms with van der Waals surface area (Å²) in [5, 5.41) is 3.80. The number of carbonyl (C=O) groups excluding carboxylic acids is 3. The second kappa shape index (κ2) is 11.2. The topological polar surface area (TPSA) is 118 Å². The molecule has 3 aromatic rings. The van der Waals surface area contributed by atoms with Crippen molar-refractivity contribution in [2.24, 2.45) is 11.7 Å². The van der Waals surface area contributed by atoms with Crippen LogP contribution in [0.5, 0.6) is 0 Å². The van der Waals surface area contributed by atoms with Gasteiger partial charge < -0.3 is 25.7 Å². The van der Waals surface area contributed by atoms with Gasteiger partial charge in [-0.25, -0.2) is 0 Å². The van der Waals surface area contributed by atoms with Crippen LogP contribution in [0.1, 0.15) is 25.0 Å². The molecule has 8 heteroatoms. The number of methoxy groups -OCH3 is 1. The summed E-state index contributed by atoms with van der Waals surface area (Å²) in [6.45, 7) is 3.32. The average molecular weight is 479 g/mol. The van der Waals surface area contributed by atoms with Gasteiger partial charge in [0, 0.05) is 37.1 Å². The highest BCUT2D eigenvalue weighted by atomic mass is 16.5. The fraction of sp³-hybridized carbons (Fsp3) is 0.370. The molecule has 0 aliphatic heterocycles. The molecule has 1 heterocycles. The molecule has 2 atom stereocenters. The lowest BCUT2D eigenvalue weighted by atomic mass is 9.97. The van der Waals surface area contributed by atoms with Gasteiger partial charge in [-0.2, -0.15) is 0 Å². The molecule has 4 N–H and O–H groups in total. The van der Waals surface area contributed by atoms with Crippen LogP contribution in [0, 0.1) is 5.92 Å². The monoisotopic (exact) mass is 478 g/mol. The number of para-hydroxylation sites is 1. The predicted octanol–water partition coefficient (Wildman–Crippen LogP) is 2.42. The lowest BCUT2D eigenvalue weighted by Crippen LogP contribution is -2.57. The van der Waals surface area contributed by atoms with Crippen molar-refractivity contribution in [3.63, 3.8) is 0 Å². The van der Waals surface area contributed by atoms with Gasteiger partial charge >= 0.3 is 5.97 Å². The van der Waals surface area contributed by atoms with Crippen molar-refractivity contribution in [1.82, 2.24) is 15.2 Å². The first kappa shape index (κ1) is 26.0. The molecule has 186 valence electrons. The number of nitrogens with zero attached hydrogens (tertiary/aromatic N) is 1. The zero-order valence-corrected chi connectivity index (χ0v) is 20.7. The van der Waals surface area contributed by atoms with Crippen molar-refractivity contribution in [2.75, 3.05) is 20.7 Å². The third kappa shape index (κ3) is 6.70. The van der Waals surface area contributed by atoms with E-state index in [-0.39, 0.29) is 18.9 Å². The minimum Gasteiger partial charge on any atom is -0.469 e. The number of H-pyrrole nitrogens is 1. The van der Waals surface area contributed by atoms with E-state index in [4.69, 9.17) is 10.5 Å². The number of hydrogen-bond acceptors (Lipinski definition) is 5. The summed E-state index contributed by atoms with van der Waals surface area (Å²) in [6, 6.07) is 16.5. The van der Waals surface area contributed by atoms with Crippen molar-refractivity contribution in [1.29, 1.82) is 0 Å². The van der Waals surface area contributed by atoms with Gasteiger partial charge in [0.15, 0.2) is 0 Å². The molecule has 0 bridgehead atoms. The van der Waals surface area contributed by atoms with E-state index in [1.54, 1.807) is 20.9 Å². The molecule has 3 rings (SSSR count). The van der Waals surface area contributed by atoms with Crippen LogP contribution in [0.15, 0.2) is 60.8 Å². The first-order valence-corrected chi connectivity index (χ1v) is 11.6. The lowest BCUT2D eigenvalue weighted by Gasteiger charge is -2.29. The molecule has 0 saturated heterocycles. The van der Waals surface area contributed by atoms with Crippen LogP contribution in [0.25, 0.3) is 10.9 Å². The molecule has 0 spiro atoms. The summed E-state index contributed by atoms with van der Waals surface area (Å²) in [5.74, 6) is -1.69. The molecule has 2 aromatic carbocycles. The number of aromatic nitrogens is 1. The van der Waals surface area contributed by atoms with Crippen LogP contribution in [0.4, 0.5) is 0 Å². The quantitative estimate of drug-likeness (QED) is 0.387. The first-order chi connectivity index (χ1) is 16.6. The Labute approximate surface area is 205 Å². The van der Waals surface area contributed by atoms with E-state index in [1.807, 2.05) is 60.8 Å². The lowest BCUT2D eigenvalue weighted by molar-refractivity contribution is -0.147. The Hall–Kier alpha value is -3.65. The van der Waals surface area contributed by atoms with E-state index in [9.17, 15) is 14.4 Å². The number of carbonyl (C=O) groups is 3. The van der Waals surface area contributed by atoms with Crippen molar-refractivity contribution in [3.05, 3.63) is 71.9 Å². The number of fused-ring (bicyclic) bond motifs is 1. The van der Waals surface area contributed by atoms with Crippen LogP contribution < -0.4 is 11.1 Å². The molecule has 0 fully saturated rings. The summed E-state index contributed by atoms with van der Waals surface area (Å²) in [7, 11) is 2.97. The number of hydrogen-bond donors (Lipinski definition) is 3. The van der Waals surface area contributed by atoms with Crippen LogP contribution in [0.3, 0.4) is 0 Å². The van der Waals surface area contributed by atoms with E-state index in [0.717, 1.165) is 22.0 Å².